The summed E-state index contributed by atoms with van der Waals surface area (Å²) in [5.74, 6) is 0.819. The van der Waals surface area contributed by atoms with E-state index in [2.05, 4.69) is 20.0 Å². The van der Waals surface area contributed by atoms with Crippen LogP contribution in [-0.4, -0.2) is 40.8 Å². The molecule has 0 aliphatic carbocycles. The predicted octanol–water partition coefficient (Wildman–Crippen LogP) is 1.70. The van der Waals surface area contributed by atoms with Crippen LogP contribution in [0.5, 0.6) is 0 Å². The van der Waals surface area contributed by atoms with Crippen LogP contribution in [0.1, 0.15) is 36.1 Å². The summed E-state index contributed by atoms with van der Waals surface area (Å²) in [7, 11) is 0. The monoisotopic (exact) mass is 276 g/mol. The average Bonchev–Trinajstić information content (AvgIpc) is 3.07. The second kappa shape index (κ2) is 5.07. The van der Waals surface area contributed by atoms with Gasteiger partial charge in [0.15, 0.2) is 0 Å². The van der Waals surface area contributed by atoms with Crippen molar-refractivity contribution in [3.8, 4) is 0 Å². The number of rotatable bonds is 3. The minimum atomic E-state index is -0.501. The van der Waals surface area contributed by atoms with Crippen molar-refractivity contribution >= 4 is 22.9 Å². The molecule has 0 bridgehead atoms. The first-order valence-corrected chi connectivity index (χ1v) is 6.76. The molecule has 0 unspecified atom stereocenters. The van der Waals surface area contributed by atoms with Crippen LogP contribution in [0.3, 0.4) is 0 Å². The van der Waals surface area contributed by atoms with Crippen molar-refractivity contribution in [1.82, 2.24) is 15.1 Å². The second-order valence-electron chi connectivity index (χ2n) is 4.72. The van der Waals surface area contributed by atoms with E-state index in [0.717, 1.165) is 25.9 Å². The maximum Gasteiger partial charge on any atom is 0.361 e. The van der Waals surface area contributed by atoms with E-state index in [4.69, 9.17) is 9.26 Å². The highest BCUT2D eigenvalue weighted by atomic mass is 16.5. The Morgan fingerprint density at radius 1 is 1.35 bits per heavy atom. The second-order valence-corrected chi connectivity index (χ2v) is 4.72. The molecule has 1 saturated heterocycles. The fourth-order valence-electron chi connectivity index (χ4n) is 2.44. The molecule has 0 N–H and O–H groups in total. The fourth-order valence-corrected chi connectivity index (χ4v) is 2.44. The molecule has 0 atom stereocenters. The van der Waals surface area contributed by atoms with Gasteiger partial charge in [-0.2, -0.15) is 4.98 Å². The van der Waals surface area contributed by atoms with Crippen LogP contribution >= 0.6 is 0 Å². The summed E-state index contributed by atoms with van der Waals surface area (Å²) in [5, 5.41) is 4.36. The normalized spacial score (nSPS) is 15.0. The lowest BCUT2D eigenvalue weighted by Gasteiger charge is -2.17. The van der Waals surface area contributed by atoms with Crippen molar-refractivity contribution < 1.29 is 14.1 Å². The van der Waals surface area contributed by atoms with Crippen LogP contribution in [0, 0.1) is 6.92 Å². The topological polar surface area (TPSA) is 81.3 Å². The van der Waals surface area contributed by atoms with Gasteiger partial charge in [0.1, 0.15) is 17.0 Å². The summed E-state index contributed by atoms with van der Waals surface area (Å²) in [6, 6.07) is 0. The Balaban J connectivity index is 2.15. The standard InChI is InChI=1S/C13H16N4O3/c1-3-19-13(18)10-9-11(17-6-4-5-7-17)14-8(2)15-12(9)20-16-10/h3-7H2,1-2H3. The first-order chi connectivity index (χ1) is 9.70. The Morgan fingerprint density at radius 3 is 2.80 bits per heavy atom. The molecule has 2 aromatic rings. The summed E-state index contributed by atoms with van der Waals surface area (Å²) >= 11 is 0. The highest BCUT2D eigenvalue weighted by molar-refractivity contribution is 6.04. The first kappa shape index (κ1) is 12.8. The van der Waals surface area contributed by atoms with E-state index in [-0.39, 0.29) is 5.69 Å². The molecule has 1 fully saturated rings. The summed E-state index contributed by atoms with van der Waals surface area (Å²) in [6.07, 6.45) is 2.23. The fraction of sp³-hybridized carbons (Fsp3) is 0.538. The first-order valence-electron chi connectivity index (χ1n) is 6.76. The smallest absolute Gasteiger partial charge is 0.361 e. The van der Waals surface area contributed by atoms with Crippen LogP contribution in [-0.2, 0) is 4.74 Å². The third kappa shape index (κ3) is 2.09. The molecule has 0 amide bonds. The number of aromatic nitrogens is 3. The molecule has 7 heteroatoms. The number of hydrogen-bond acceptors (Lipinski definition) is 7. The molecule has 7 nitrogen and oxygen atoms in total. The highest BCUT2D eigenvalue weighted by Gasteiger charge is 2.26. The van der Waals surface area contributed by atoms with E-state index in [1.54, 1.807) is 13.8 Å². The molecular formula is C13H16N4O3. The molecule has 106 valence electrons. The number of aryl methyl sites for hydroxylation is 1. The number of anilines is 1. The molecule has 20 heavy (non-hydrogen) atoms. The van der Waals surface area contributed by atoms with E-state index in [0.29, 0.717) is 29.3 Å². The van der Waals surface area contributed by atoms with Crippen molar-refractivity contribution in [3.05, 3.63) is 11.5 Å². The van der Waals surface area contributed by atoms with Crippen molar-refractivity contribution in [3.63, 3.8) is 0 Å². The van der Waals surface area contributed by atoms with E-state index in [9.17, 15) is 4.79 Å². The molecule has 0 radical (unpaired) electrons. The van der Waals surface area contributed by atoms with Gasteiger partial charge in [-0.15, -0.1) is 0 Å². The van der Waals surface area contributed by atoms with Gasteiger partial charge in [-0.05, 0) is 26.7 Å². The predicted molar refractivity (Wildman–Crippen MR) is 71.7 cm³/mol. The van der Waals surface area contributed by atoms with E-state index in [1.165, 1.54) is 0 Å². The van der Waals surface area contributed by atoms with E-state index >= 15 is 0 Å². The Kier molecular flexibility index (Phi) is 3.25. The van der Waals surface area contributed by atoms with Crippen molar-refractivity contribution in [2.24, 2.45) is 0 Å². The summed E-state index contributed by atoms with van der Waals surface area (Å²) < 4.78 is 10.2. The SMILES string of the molecule is CCOC(=O)c1noc2nc(C)nc(N3CCCC3)c12. The van der Waals surface area contributed by atoms with Crippen LogP contribution < -0.4 is 4.90 Å². The van der Waals surface area contributed by atoms with Gasteiger partial charge in [0.2, 0.25) is 5.69 Å². The molecule has 1 aliphatic rings. The number of ether oxygens (including phenoxy) is 1. The van der Waals surface area contributed by atoms with E-state index in [1.807, 2.05) is 0 Å². The maximum atomic E-state index is 12.0. The largest absolute Gasteiger partial charge is 0.461 e. The lowest BCUT2D eigenvalue weighted by Crippen LogP contribution is -2.20. The zero-order valence-electron chi connectivity index (χ0n) is 11.5. The van der Waals surface area contributed by atoms with Gasteiger partial charge in [0.25, 0.3) is 5.71 Å². The Morgan fingerprint density at radius 2 is 2.10 bits per heavy atom. The molecule has 0 spiro atoms. The molecule has 0 aromatic carbocycles. The number of fused-ring (bicyclic) bond motifs is 1. The average molecular weight is 276 g/mol. The third-order valence-electron chi connectivity index (χ3n) is 3.30. The Labute approximate surface area is 115 Å². The van der Waals surface area contributed by atoms with E-state index < -0.39 is 5.97 Å². The molecular weight excluding hydrogens is 260 g/mol. The van der Waals surface area contributed by atoms with Gasteiger partial charge >= 0.3 is 5.97 Å². The van der Waals surface area contributed by atoms with Gasteiger partial charge in [-0.1, -0.05) is 5.16 Å². The summed E-state index contributed by atoms with van der Waals surface area (Å²) in [4.78, 5) is 22.8. The van der Waals surface area contributed by atoms with Gasteiger partial charge in [-0.25, -0.2) is 9.78 Å². The van der Waals surface area contributed by atoms with Crippen molar-refractivity contribution in [2.45, 2.75) is 26.7 Å². The quantitative estimate of drug-likeness (QED) is 0.789. The molecule has 1 aliphatic heterocycles. The number of esters is 1. The minimum absolute atomic E-state index is 0.156. The van der Waals surface area contributed by atoms with Crippen LogP contribution in [0.15, 0.2) is 4.52 Å². The summed E-state index contributed by atoms with van der Waals surface area (Å²) in [5.41, 5.74) is 0.492. The van der Waals surface area contributed by atoms with Crippen molar-refractivity contribution in [1.29, 1.82) is 0 Å². The van der Waals surface area contributed by atoms with Gasteiger partial charge < -0.3 is 14.2 Å². The van der Waals surface area contributed by atoms with Gasteiger partial charge in [0, 0.05) is 13.1 Å². The Bertz CT molecular complexity index is 646. The number of nitrogens with zero attached hydrogens (tertiary/aromatic N) is 4. The molecule has 2 aromatic heterocycles. The van der Waals surface area contributed by atoms with Crippen LogP contribution in [0.4, 0.5) is 5.82 Å². The highest BCUT2D eigenvalue weighted by Crippen LogP contribution is 2.29. The van der Waals surface area contributed by atoms with Crippen molar-refractivity contribution in [2.75, 3.05) is 24.6 Å². The third-order valence-corrected chi connectivity index (χ3v) is 3.30. The Hall–Kier alpha value is -2.18. The maximum absolute atomic E-state index is 12.0. The summed E-state index contributed by atoms with van der Waals surface area (Å²) in [6.45, 7) is 5.67. The van der Waals surface area contributed by atoms with Crippen LogP contribution in [0.2, 0.25) is 0 Å². The lowest BCUT2D eigenvalue weighted by atomic mass is 10.2. The molecule has 3 rings (SSSR count). The van der Waals surface area contributed by atoms with Gasteiger partial charge in [0.05, 0.1) is 6.61 Å². The molecule has 3 heterocycles. The van der Waals surface area contributed by atoms with Crippen LogP contribution in [0.25, 0.3) is 11.1 Å². The van der Waals surface area contributed by atoms with Gasteiger partial charge in [-0.3, -0.25) is 0 Å². The number of carbonyl (C=O) groups excluding carboxylic acids is 1. The zero-order chi connectivity index (χ0) is 14.1. The number of hydrogen-bond donors (Lipinski definition) is 0. The zero-order valence-corrected chi connectivity index (χ0v) is 11.5. The lowest BCUT2D eigenvalue weighted by molar-refractivity contribution is 0.0517. The molecule has 0 saturated carbocycles. The minimum Gasteiger partial charge on any atom is -0.461 e. The number of carbonyl (C=O) groups is 1.